The SMILES string of the molecule is O=[N+]([O-])c1ccc(O[C@H]2O[C@H]([C@@H](O)CO)[C@H](O)[C@H]2O)cc1. The summed E-state index contributed by atoms with van der Waals surface area (Å²) >= 11 is 0. The third-order valence-corrected chi connectivity index (χ3v) is 3.12. The van der Waals surface area contributed by atoms with Gasteiger partial charge in [0.15, 0.2) is 0 Å². The van der Waals surface area contributed by atoms with Crippen LogP contribution in [0.25, 0.3) is 0 Å². The number of nitro benzene ring substituents is 1. The largest absolute Gasteiger partial charge is 0.462 e. The smallest absolute Gasteiger partial charge is 0.269 e. The van der Waals surface area contributed by atoms with E-state index in [0.29, 0.717) is 0 Å². The number of benzene rings is 1. The molecule has 2 rings (SSSR count). The van der Waals surface area contributed by atoms with Crippen molar-refractivity contribution in [3.05, 3.63) is 34.4 Å². The highest BCUT2D eigenvalue weighted by Crippen LogP contribution is 2.27. The number of rotatable bonds is 5. The summed E-state index contributed by atoms with van der Waals surface area (Å²) in [4.78, 5) is 9.95. The number of nitro groups is 1. The second-order valence-electron chi connectivity index (χ2n) is 4.57. The first-order valence-corrected chi connectivity index (χ1v) is 6.15. The molecule has 0 aliphatic carbocycles. The van der Waals surface area contributed by atoms with Crippen LogP contribution in [0.1, 0.15) is 0 Å². The third-order valence-electron chi connectivity index (χ3n) is 3.12. The van der Waals surface area contributed by atoms with E-state index in [9.17, 15) is 25.4 Å². The number of hydrogen-bond donors (Lipinski definition) is 4. The molecular weight excluding hydrogens is 286 g/mol. The number of ether oxygens (including phenoxy) is 2. The Morgan fingerprint density at radius 3 is 2.43 bits per heavy atom. The first kappa shape index (κ1) is 15.6. The predicted octanol–water partition coefficient (Wildman–Crippen LogP) is -1.23. The number of aliphatic hydroxyl groups excluding tert-OH is 4. The van der Waals surface area contributed by atoms with Crippen molar-refractivity contribution in [1.29, 1.82) is 0 Å². The fraction of sp³-hybridized carbons (Fsp3) is 0.500. The molecule has 1 aliphatic rings. The zero-order valence-electron chi connectivity index (χ0n) is 10.8. The van der Waals surface area contributed by atoms with Gasteiger partial charge in [0.1, 0.15) is 30.2 Å². The molecule has 9 nitrogen and oxygen atoms in total. The van der Waals surface area contributed by atoms with E-state index in [1.807, 2.05) is 0 Å². The minimum atomic E-state index is -1.42. The highest BCUT2D eigenvalue weighted by atomic mass is 16.7. The van der Waals surface area contributed by atoms with E-state index in [-0.39, 0.29) is 11.4 Å². The normalized spacial score (nSPS) is 30.1. The van der Waals surface area contributed by atoms with Gasteiger partial charge in [0.2, 0.25) is 6.29 Å². The summed E-state index contributed by atoms with van der Waals surface area (Å²) in [6.45, 7) is -0.640. The zero-order chi connectivity index (χ0) is 15.6. The fourth-order valence-electron chi connectivity index (χ4n) is 1.97. The lowest BCUT2D eigenvalue weighted by Gasteiger charge is -2.18. The van der Waals surface area contributed by atoms with Crippen molar-refractivity contribution in [3.8, 4) is 5.75 Å². The Morgan fingerprint density at radius 2 is 1.90 bits per heavy atom. The second kappa shape index (κ2) is 6.33. The minimum Gasteiger partial charge on any atom is -0.462 e. The Morgan fingerprint density at radius 1 is 1.29 bits per heavy atom. The van der Waals surface area contributed by atoms with Gasteiger partial charge in [-0.15, -0.1) is 0 Å². The molecule has 1 aromatic carbocycles. The maximum Gasteiger partial charge on any atom is 0.269 e. The van der Waals surface area contributed by atoms with E-state index in [0.717, 1.165) is 0 Å². The van der Waals surface area contributed by atoms with Gasteiger partial charge in [-0.2, -0.15) is 0 Å². The lowest BCUT2D eigenvalue weighted by molar-refractivity contribution is -0.384. The van der Waals surface area contributed by atoms with Crippen LogP contribution in [-0.2, 0) is 4.74 Å². The predicted molar refractivity (Wildman–Crippen MR) is 67.5 cm³/mol. The molecule has 0 amide bonds. The van der Waals surface area contributed by atoms with Gasteiger partial charge in [0.05, 0.1) is 11.5 Å². The first-order chi connectivity index (χ1) is 9.93. The summed E-state index contributed by atoms with van der Waals surface area (Å²) in [6.07, 6.45) is -6.65. The van der Waals surface area contributed by atoms with Gasteiger partial charge in [0, 0.05) is 12.1 Å². The Balaban J connectivity index is 2.04. The minimum absolute atomic E-state index is 0.121. The molecule has 4 N–H and O–H groups in total. The maximum atomic E-state index is 10.5. The summed E-state index contributed by atoms with van der Waals surface area (Å²) in [7, 11) is 0. The van der Waals surface area contributed by atoms with Crippen LogP contribution >= 0.6 is 0 Å². The van der Waals surface area contributed by atoms with Crippen LogP contribution in [0.3, 0.4) is 0 Å². The molecule has 9 heteroatoms. The second-order valence-corrected chi connectivity index (χ2v) is 4.57. The highest BCUT2D eigenvalue weighted by molar-refractivity contribution is 5.36. The Kier molecular flexibility index (Phi) is 4.70. The standard InChI is InChI=1S/C12H15NO8/c14-5-8(15)11-9(16)10(17)12(21-11)20-7-3-1-6(2-4-7)13(18)19/h1-4,8-12,14-17H,5H2/t8-,9+,10+,11+,12-/m0/s1. The molecule has 1 aliphatic heterocycles. The van der Waals surface area contributed by atoms with Crippen LogP contribution in [0.4, 0.5) is 5.69 Å². The quantitative estimate of drug-likeness (QED) is 0.391. The van der Waals surface area contributed by atoms with E-state index in [4.69, 9.17) is 14.6 Å². The molecule has 116 valence electrons. The average Bonchev–Trinajstić information content (AvgIpc) is 2.75. The van der Waals surface area contributed by atoms with Crippen molar-refractivity contribution in [1.82, 2.24) is 0 Å². The van der Waals surface area contributed by atoms with Gasteiger partial charge >= 0.3 is 0 Å². The monoisotopic (exact) mass is 301 g/mol. The van der Waals surface area contributed by atoms with Crippen LogP contribution in [0.5, 0.6) is 5.75 Å². The number of non-ortho nitro benzene ring substituents is 1. The van der Waals surface area contributed by atoms with Crippen LogP contribution in [0.2, 0.25) is 0 Å². The molecule has 0 spiro atoms. The number of aliphatic hydroxyl groups is 4. The van der Waals surface area contributed by atoms with E-state index in [1.54, 1.807) is 0 Å². The van der Waals surface area contributed by atoms with Crippen molar-refractivity contribution in [2.45, 2.75) is 30.7 Å². The summed E-state index contributed by atoms with van der Waals surface area (Å²) in [6, 6.07) is 5.06. The molecule has 5 atom stereocenters. The van der Waals surface area contributed by atoms with Gasteiger partial charge in [-0.1, -0.05) is 0 Å². The molecule has 1 aromatic rings. The van der Waals surface area contributed by atoms with Crippen molar-refractivity contribution >= 4 is 5.69 Å². The zero-order valence-corrected chi connectivity index (χ0v) is 10.8. The summed E-state index contributed by atoms with van der Waals surface area (Å²) in [5.74, 6) is 0.191. The van der Waals surface area contributed by atoms with Crippen molar-refractivity contribution in [2.24, 2.45) is 0 Å². The van der Waals surface area contributed by atoms with Gasteiger partial charge in [-0.25, -0.2) is 0 Å². The topological polar surface area (TPSA) is 143 Å². The Labute approximate surface area is 119 Å². The summed E-state index contributed by atoms with van der Waals surface area (Å²) in [5, 5.41) is 48.3. The van der Waals surface area contributed by atoms with Crippen molar-refractivity contribution < 1.29 is 34.8 Å². The average molecular weight is 301 g/mol. The van der Waals surface area contributed by atoms with Crippen LogP contribution in [0, 0.1) is 10.1 Å². The third kappa shape index (κ3) is 3.28. The molecule has 1 fully saturated rings. The van der Waals surface area contributed by atoms with Crippen LogP contribution in [-0.4, -0.2) is 62.7 Å². The van der Waals surface area contributed by atoms with Crippen LogP contribution < -0.4 is 4.74 Å². The summed E-state index contributed by atoms with van der Waals surface area (Å²) < 4.78 is 10.4. The fourth-order valence-corrected chi connectivity index (χ4v) is 1.97. The van der Waals surface area contributed by atoms with Crippen molar-refractivity contribution in [3.63, 3.8) is 0 Å². The van der Waals surface area contributed by atoms with E-state index >= 15 is 0 Å². The number of hydrogen-bond acceptors (Lipinski definition) is 8. The van der Waals surface area contributed by atoms with Gasteiger partial charge in [-0.3, -0.25) is 10.1 Å². The van der Waals surface area contributed by atoms with E-state index in [2.05, 4.69) is 0 Å². The van der Waals surface area contributed by atoms with Gasteiger partial charge in [-0.05, 0) is 12.1 Å². The molecule has 0 unspecified atom stereocenters. The first-order valence-electron chi connectivity index (χ1n) is 6.15. The molecule has 21 heavy (non-hydrogen) atoms. The molecule has 1 saturated heterocycles. The van der Waals surface area contributed by atoms with Crippen LogP contribution in [0.15, 0.2) is 24.3 Å². The highest BCUT2D eigenvalue weighted by Gasteiger charge is 2.47. The number of nitrogens with zero attached hydrogens (tertiary/aromatic N) is 1. The van der Waals surface area contributed by atoms with Crippen molar-refractivity contribution in [2.75, 3.05) is 6.61 Å². The lowest BCUT2D eigenvalue weighted by Crippen LogP contribution is -2.40. The van der Waals surface area contributed by atoms with E-state index < -0.39 is 42.2 Å². The maximum absolute atomic E-state index is 10.5. The molecule has 0 aromatic heterocycles. The Bertz CT molecular complexity index is 493. The molecule has 0 saturated carbocycles. The molecule has 0 radical (unpaired) electrons. The molecule has 1 heterocycles. The summed E-state index contributed by atoms with van der Waals surface area (Å²) in [5.41, 5.74) is -0.121. The van der Waals surface area contributed by atoms with Gasteiger partial charge < -0.3 is 29.9 Å². The lowest BCUT2D eigenvalue weighted by atomic mass is 10.1. The molecular formula is C12H15NO8. The molecule has 0 bridgehead atoms. The Hall–Kier alpha value is -1.78. The van der Waals surface area contributed by atoms with Gasteiger partial charge in [0.25, 0.3) is 5.69 Å². The van der Waals surface area contributed by atoms with E-state index in [1.165, 1.54) is 24.3 Å².